The first kappa shape index (κ1) is 17.7. The van der Waals surface area contributed by atoms with Gasteiger partial charge in [0.25, 0.3) is 0 Å². The highest BCUT2D eigenvalue weighted by Crippen LogP contribution is 2.06. The molecule has 0 heterocycles. The number of ether oxygens (including phenoxy) is 2. The summed E-state index contributed by atoms with van der Waals surface area (Å²) in [5.41, 5.74) is 1.73. The molecule has 118 valence electrons. The molecule has 1 rings (SSSR count). The van der Waals surface area contributed by atoms with E-state index < -0.39 is 0 Å². The SMILES string of the molecule is CCCCCCCCOCCOC(=O)c1ccc(C)cc1. The Morgan fingerprint density at radius 2 is 1.57 bits per heavy atom. The van der Waals surface area contributed by atoms with E-state index in [-0.39, 0.29) is 5.97 Å². The maximum atomic E-state index is 11.7. The second kappa shape index (κ2) is 11.3. The van der Waals surface area contributed by atoms with Crippen molar-refractivity contribution >= 4 is 5.97 Å². The lowest BCUT2D eigenvalue weighted by atomic mass is 10.1. The molecule has 1 aromatic rings. The Hall–Kier alpha value is -1.35. The number of hydrogen-bond acceptors (Lipinski definition) is 3. The van der Waals surface area contributed by atoms with Crippen LogP contribution in [0.2, 0.25) is 0 Å². The predicted molar refractivity (Wildman–Crippen MR) is 85.7 cm³/mol. The second-order valence-electron chi connectivity index (χ2n) is 5.38. The molecule has 0 fully saturated rings. The maximum Gasteiger partial charge on any atom is 0.338 e. The summed E-state index contributed by atoms with van der Waals surface area (Å²) >= 11 is 0. The summed E-state index contributed by atoms with van der Waals surface area (Å²) in [6.45, 7) is 5.77. The van der Waals surface area contributed by atoms with Crippen LogP contribution in [-0.2, 0) is 9.47 Å². The summed E-state index contributed by atoms with van der Waals surface area (Å²) in [7, 11) is 0. The molecule has 0 aromatic heterocycles. The Labute approximate surface area is 128 Å². The standard InChI is InChI=1S/C18H28O3/c1-3-4-5-6-7-8-13-20-14-15-21-18(19)17-11-9-16(2)10-12-17/h9-12H,3-8,13-15H2,1-2H3. The van der Waals surface area contributed by atoms with E-state index in [0.29, 0.717) is 18.8 Å². The van der Waals surface area contributed by atoms with E-state index in [1.54, 1.807) is 12.1 Å². The molecule has 1 aromatic carbocycles. The van der Waals surface area contributed by atoms with E-state index in [4.69, 9.17) is 9.47 Å². The zero-order chi connectivity index (χ0) is 15.3. The van der Waals surface area contributed by atoms with E-state index in [2.05, 4.69) is 6.92 Å². The van der Waals surface area contributed by atoms with Gasteiger partial charge in [0, 0.05) is 6.61 Å². The van der Waals surface area contributed by atoms with Crippen molar-refractivity contribution in [2.45, 2.75) is 52.4 Å². The van der Waals surface area contributed by atoms with E-state index in [1.807, 2.05) is 19.1 Å². The molecule has 0 saturated carbocycles. The van der Waals surface area contributed by atoms with Crippen molar-refractivity contribution in [3.05, 3.63) is 35.4 Å². The molecule has 0 spiro atoms. The zero-order valence-corrected chi connectivity index (χ0v) is 13.4. The molecule has 0 aliphatic carbocycles. The van der Waals surface area contributed by atoms with E-state index in [9.17, 15) is 4.79 Å². The number of rotatable bonds is 11. The molecular formula is C18H28O3. The van der Waals surface area contributed by atoms with Crippen LogP contribution in [-0.4, -0.2) is 25.8 Å². The Morgan fingerprint density at radius 1 is 0.905 bits per heavy atom. The molecule has 0 radical (unpaired) electrons. The van der Waals surface area contributed by atoms with Crippen LogP contribution < -0.4 is 0 Å². The fraction of sp³-hybridized carbons (Fsp3) is 0.611. The molecular weight excluding hydrogens is 264 g/mol. The average molecular weight is 292 g/mol. The fourth-order valence-electron chi connectivity index (χ4n) is 2.05. The summed E-state index contributed by atoms with van der Waals surface area (Å²) in [5.74, 6) is -0.279. The minimum Gasteiger partial charge on any atom is -0.460 e. The lowest BCUT2D eigenvalue weighted by molar-refractivity contribution is 0.0312. The van der Waals surface area contributed by atoms with Crippen LogP contribution in [0.15, 0.2) is 24.3 Å². The lowest BCUT2D eigenvalue weighted by Gasteiger charge is -2.06. The number of aryl methyl sites for hydroxylation is 1. The molecule has 0 unspecified atom stereocenters. The minimum absolute atomic E-state index is 0.279. The first-order valence-corrected chi connectivity index (χ1v) is 8.05. The largest absolute Gasteiger partial charge is 0.460 e. The van der Waals surface area contributed by atoms with Crippen molar-refractivity contribution < 1.29 is 14.3 Å². The lowest BCUT2D eigenvalue weighted by Crippen LogP contribution is -2.11. The van der Waals surface area contributed by atoms with Crippen molar-refractivity contribution in [1.82, 2.24) is 0 Å². The van der Waals surface area contributed by atoms with Crippen LogP contribution >= 0.6 is 0 Å². The Bertz CT molecular complexity index is 384. The Balaban J connectivity index is 1.96. The highest BCUT2D eigenvalue weighted by molar-refractivity contribution is 5.89. The first-order valence-electron chi connectivity index (χ1n) is 8.05. The van der Waals surface area contributed by atoms with Gasteiger partial charge in [-0.15, -0.1) is 0 Å². The molecule has 0 bridgehead atoms. The van der Waals surface area contributed by atoms with E-state index in [1.165, 1.54) is 32.1 Å². The van der Waals surface area contributed by atoms with E-state index in [0.717, 1.165) is 18.6 Å². The van der Waals surface area contributed by atoms with Crippen molar-refractivity contribution in [2.75, 3.05) is 19.8 Å². The summed E-state index contributed by atoms with van der Waals surface area (Å²) in [4.78, 5) is 11.7. The molecule has 0 amide bonds. The number of carbonyl (C=O) groups is 1. The summed E-state index contributed by atoms with van der Waals surface area (Å²) in [5, 5.41) is 0. The van der Waals surface area contributed by atoms with Gasteiger partial charge < -0.3 is 9.47 Å². The van der Waals surface area contributed by atoms with Gasteiger partial charge in [-0.2, -0.15) is 0 Å². The van der Waals surface area contributed by atoms with Gasteiger partial charge in [0.2, 0.25) is 0 Å². The summed E-state index contributed by atoms with van der Waals surface area (Å²) in [6.07, 6.45) is 7.54. The van der Waals surface area contributed by atoms with Crippen LogP contribution in [0.5, 0.6) is 0 Å². The molecule has 0 saturated heterocycles. The predicted octanol–water partition coefficient (Wildman–Crippen LogP) is 4.53. The van der Waals surface area contributed by atoms with Crippen LogP contribution in [0.3, 0.4) is 0 Å². The normalized spacial score (nSPS) is 10.6. The number of benzene rings is 1. The molecule has 3 heteroatoms. The molecule has 0 aliphatic rings. The number of hydrogen-bond donors (Lipinski definition) is 0. The first-order chi connectivity index (χ1) is 10.2. The van der Waals surface area contributed by atoms with Crippen molar-refractivity contribution in [3.63, 3.8) is 0 Å². The van der Waals surface area contributed by atoms with Crippen LogP contribution in [0.4, 0.5) is 0 Å². The third-order valence-electron chi connectivity index (χ3n) is 3.39. The van der Waals surface area contributed by atoms with Crippen LogP contribution in [0.1, 0.15) is 61.4 Å². The van der Waals surface area contributed by atoms with Gasteiger partial charge in [-0.3, -0.25) is 0 Å². The number of carbonyl (C=O) groups excluding carboxylic acids is 1. The van der Waals surface area contributed by atoms with Gasteiger partial charge in [0.15, 0.2) is 0 Å². The minimum atomic E-state index is -0.279. The van der Waals surface area contributed by atoms with Gasteiger partial charge in [-0.1, -0.05) is 56.7 Å². The van der Waals surface area contributed by atoms with Crippen LogP contribution in [0.25, 0.3) is 0 Å². The maximum absolute atomic E-state index is 11.7. The highest BCUT2D eigenvalue weighted by Gasteiger charge is 2.05. The monoisotopic (exact) mass is 292 g/mol. The molecule has 21 heavy (non-hydrogen) atoms. The second-order valence-corrected chi connectivity index (χ2v) is 5.38. The fourth-order valence-corrected chi connectivity index (χ4v) is 2.05. The highest BCUT2D eigenvalue weighted by atomic mass is 16.6. The molecule has 0 N–H and O–H groups in total. The third-order valence-corrected chi connectivity index (χ3v) is 3.39. The van der Waals surface area contributed by atoms with Gasteiger partial charge in [-0.05, 0) is 25.5 Å². The van der Waals surface area contributed by atoms with E-state index >= 15 is 0 Å². The molecule has 0 atom stereocenters. The smallest absolute Gasteiger partial charge is 0.338 e. The van der Waals surface area contributed by atoms with Gasteiger partial charge in [0.05, 0.1) is 12.2 Å². The third kappa shape index (κ3) is 8.51. The number of unbranched alkanes of at least 4 members (excludes halogenated alkanes) is 5. The average Bonchev–Trinajstić information content (AvgIpc) is 2.49. The van der Waals surface area contributed by atoms with Crippen LogP contribution in [0, 0.1) is 6.92 Å². The topological polar surface area (TPSA) is 35.5 Å². The quantitative estimate of drug-likeness (QED) is 0.444. The Kier molecular flexibility index (Phi) is 9.55. The van der Waals surface area contributed by atoms with Gasteiger partial charge in [0.1, 0.15) is 6.61 Å². The van der Waals surface area contributed by atoms with Gasteiger partial charge in [-0.25, -0.2) is 4.79 Å². The van der Waals surface area contributed by atoms with Gasteiger partial charge >= 0.3 is 5.97 Å². The van der Waals surface area contributed by atoms with Crippen molar-refractivity contribution in [3.8, 4) is 0 Å². The number of esters is 1. The summed E-state index contributed by atoms with van der Waals surface area (Å²) in [6, 6.07) is 7.39. The summed E-state index contributed by atoms with van der Waals surface area (Å²) < 4.78 is 10.6. The zero-order valence-electron chi connectivity index (χ0n) is 13.4. The molecule has 3 nitrogen and oxygen atoms in total. The van der Waals surface area contributed by atoms with Crippen molar-refractivity contribution in [1.29, 1.82) is 0 Å². The Morgan fingerprint density at radius 3 is 2.29 bits per heavy atom. The van der Waals surface area contributed by atoms with Crippen molar-refractivity contribution in [2.24, 2.45) is 0 Å². The molecule has 0 aliphatic heterocycles.